The van der Waals surface area contributed by atoms with Crippen LogP contribution in [0.2, 0.25) is 0 Å². The van der Waals surface area contributed by atoms with Crippen LogP contribution in [0, 0.1) is 0 Å². The lowest BCUT2D eigenvalue weighted by molar-refractivity contribution is 0.318. The van der Waals surface area contributed by atoms with E-state index in [0.717, 1.165) is 0 Å². The predicted octanol–water partition coefficient (Wildman–Crippen LogP) is 1.20. The number of imidazole rings is 1. The molecule has 0 aliphatic rings. The Hall–Kier alpha value is -3.36. The molecule has 0 aliphatic carbocycles. The van der Waals surface area contributed by atoms with Crippen LogP contribution in [-0.4, -0.2) is 37.9 Å². The number of nitrogens with one attached hydrogen (secondary N) is 3. The van der Waals surface area contributed by atoms with Gasteiger partial charge in [-0.15, -0.1) is 0 Å². The summed E-state index contributed by atoms with van der Waals surface area (Å²) in [7, 11) is 0. The van der Waals surface area contributed by atoms with E-state index in [1.807, 2.05) is 6.92 Å². The molecule has 0 saturated heterocycles. The van der Waals surface area contributed by atoms with Gasteiger partial charge in [0.2, 0.25) is 5.95 Å². The summed E-state index contributed by atoms with van der Waals surface area (Å²) in [5.41, 5.74) is 3.59. The van der Waals surface area contributed by atoms with E-state index in [9.17, 15) is 9.90 Å². The number of anilines is 1. The van der Waals surface area contributed by atoms with Gasteiger partial charge in [0, 0.05) is 0 Å². The molecule has 0 bridgehead atoms. The third-order valence-corrected chi connectivity index (χ3v) is 2.96. The van der Waals surface area contributed by atoms with Gasteiger partial charge in [-0.2, -0.15) is 10.1 Å². The van der Waals surface area contributed by atoms with Gasteiger partial charge in [0.05, 0.1) is 19.1 Å². The summed E-state index contributed by atoms with van der Waals surface area (Å²) in [5, 5.41) is 13.8. The second-order valence-corrected chi connectivity index (χ2v) is 4.55. The molecule has 0 atom stereocenters. The Labute approximate surface area is 130 Å². The number of fused-ring (bicyclic) bond motifs is 1. The number of hydrazone groups is 1. The topological polar surface area (TPSA) is 128 Å². The van der Waals surface area contributed by atoms with Crippen molar-refractivity contribution in [2.75, 3.05) is 12.0 Å². The van der Waals surface area contributed by atoms with Crippen molar-refractivity contribution >= 4 is 23.3 Å². The number of benzene rings is 1. The van der Waals surface area contributed by atoms with Gasteiger partial charge in [0.1, 0.15) is 0 Å². The monoisotopic (exact) mass is 314 g/mol. The van der Waals surface area contributed by atoms with Gasteiger partial charge < -0.3 is 19.8 Å². The average molecular weight is 314 g/mol. The Kier molecular flexibility index (Phi) is 3.91. The van der Waals surface area contributed by atoms with E-state index in [1.54, 1.807) is 12.1 Å². The van der Waals surface area contributed by atoms with Crippen LogP contribution in [0.1, 0.15) is 12.5 Å². The van der Waals surface area contributed by atoms with Crippen LogP contribution in [-0.2, 0) is 0 Å². The first-order chi connectivity index (χ1) is 11.2. The predicted molar refractivity (Wildman–Crippen MR) is 85.0 cm³/mol. The van der Waals surface area contributed by atoms with E-state index in [0.29, 0.717) is 23.6 Å². The minimum absolute atomic E-state index is 0.0373. The second kappa shape index (κ2) is 6.18. The fourth-order valence-corrected chi connectivity index (χ4v) is 1.95. The van der Waals surface area contributed by atoms with Gasteiger partial charge in [-0.1, -0.05) is 0 Å². The van der Waals surface area contributed by atoms with Crippen molar-refractivity contribution in [2.45, 2.75) is 6.92 Å². The number of hydrogen-bond acceptors (Lipinski definition) is 7. The summed E-state index contributed by atoms with van der Waals surface area (Å²) in [6, 6.07) is 4.94. The first-order valence-electron chi connectivity index (χ1n) is 6.85. The summed E-state index contributed by atoms with van der Waals surface area (Å²) in [6.07, 6.45) is 2.78. The Morgan fingerprint density at radius 2 is 2.35 bits per heavy atom. The highest BCUT2D eigenvalue weighted by molar-refractivity contribution is 5.81. The van der Waals surface area contributed by atoms with E-state index < -0.39 is 0 Å². The van der Waals surface area contributed by atoms with Gasteiger partial charge in [0.15, 0.2) is 22.7 Å². The zero-order valence-corrected chi connectivity index (χ0v) is 12.2. The highest BCUT2D eigenvalue weighted by Crippen LogP contribution is 2.26. The molecule has 23 heavy (non-hydrogen) atoms. The van der Waals surface area contributed by atoms with Crippen molar-refractivity contribution in [1.82, 2.24) is 19.9 Å². The van der Waals surface area contributed by atoms with Crippen molar-refractivity contribution in [2.24, 2.45) is 5.10 Å². The molecule has 0 unspecified atom stereocenters. The third kappa shape index (κ3) is 3.12. The highest BCUT2D eigenvalue weighted by Gasteiger charge is 2.06. The van der Waals surface area contributed by atoms with Crippen LogP contribution in [0.5, 0.6) is 11.5 Å². The van der Waals surface area contributed by atoms with Gasteiger partial charge in [0.25, 0.3) is 5.56 Å². The minimum atomic E-state index is -0.309. The molecule has 0 saturated carbocycles. The Morgan fingerprint density at radius 3 is 3.09 bits per heavy atom. The van der Waals surface area contributed by atoms with E-state index in [-0.39, 0.29) is 22.8 Å². The number of rotatable bonds is 5. The fourth-order valence-electron chi connectivity index (χ4n) is 1.95. The Bertz CT molecular complexity index is 914. The molecule has 3 aromatic rings. The van der Waals surface area contributed by atoms with Crippen molar-refractivity contribution < 1.29 is 9.84 Å². The summed E-state index contributed by atoms with van der Waals surface area (Å²) >= 11 is 0. The van der Waals surface area contributed by atoms with Gasteiger partial charge in [-0.25, -0.2) is 10.4 Å². The standard InChI is InChI=1S/C14H14N6O3/c1-2-23-10-4-3-8(5-9(10)21)6-17-20-14-18-11-12(19-14)15-7-16-13(11)22/h3-7,21H,2H2,1H3,(H3,15,16,18,19,20,22)/b17-6+. The molecule has 0 amide bonds. The van der Waals surface area contributed by atoms with Crippen molar-refractivity contribution in [3.63, 3.8) is 0 Å². The van der Waals surface area contributed by atoms with Crippen LogP contribution >= 0.6 is 0 Å². The SMILES string of the molecule is CCOc1ccc(/C=N/Nc2nc3nc[nH]c(=O)c3[nH]2)cc1O. The minimum Gasteiger partial charge on any atom is -0.504 e. The maximum absolute atomic E-state index is 11.5. The molecular formula is C14H14N6O3. The van der Waals surface area contributed by atoms with E-state index in [2.05, 4.69) is 30.5 Å². The summed E-state index contributed by atoms with van der Waals surface area (Å²) < 4.78 is 5.25. The molecule has 0 aliphatic heterocycles. The van der Waals surface area contributed by atoms with Crippen LogP contribution in [0.4, 0.5) is 5.95 Å². The molecule has 9 heteroatoms. The van der Waals surface area contributed by atoms with Crippen LogP contribution in [0.15, 0.2) is 34.4 Å². The largest absolute Gasteiger partial charge is 0.504 e. The van der Waals surface area contributed by atoms with Gasteiger partial charge >= 0.3 is 0 Å². The zero-order valence-electron chi connectivity index (χ0n) is 12.2. The van der Waals surface area contributed by atoms with Crippen molar-refractivity contribution in [3.05, 3.63) is 40.4 Å². The lowest BCUT2D eigenvalue weighted by Crippen LogP contribution is -2.05. The lowest BCUT2D eigenvalue weighted by atomic mass is 10.2. The van der Waals surface area contributed by atoms with Crippen molar-refractivity contribution in [3.8, 4) is 11.5 Å². The van der Waals surface area contributed by atoms with Gasteiger partial charge in [-0.05, 0) is 30.7 Å². The molecule has 0 spiro atoms. The molecule has 2 heterocycles. The average Bonchev–Trinajstić information content (AvgIpc) is 2.94. The van der Waals surface area contributed by atoms with Crippen LogP contribution in [0.25, 0.3) is 11.2 Å². The normalized spacial score (nSPS) is 11.2. The number of hydrogen-bond donors (Lipinski definition) is 4. The second-order valence-electron chi connectivity index (χ2n) is 4.55. The molecule has 0 radical (unpaired) electrons. The first kappa shape index (κ1) is 14.6. The van der Waals surface area contributed by atoms with Crippen LogP contribution < -0.4 is 15.7 Å². The zero-order chi connectivity index (χ0) is 16.2. The van der Waals surface area contributed by atoms with E-state index >= 15 is 0 Å². The number of phenols is 1. The van der Waals surface area contributed by atoms with Crippen molar-refractivity contribution in [1.29, 1.82) is 0 Å². The molecular weight excluding hydrogens is 300 g/mol. The number of aromatic hydroxyl groups is 1. The number of phenolic OH excluding ortho intramolecular Hbond substituents is 1. The van der Waals surface area contributed by atoms with Crippen LogP contribution in [0.3, 0.4) is 0 Å². The smallest absolute Gasteiger partial charge is 0.276 e. The molecule has 0 fully saturated rings. The number of nitrogens with zero attached hydrogens (tertiary/aromatic N) is 3. The maximum atomic E-state index is 11.5. The molecule has 4 N–H and O–H groups in total. The Morgan fingerprint density at radius 1 is 1.48 bits per heavy atom. The molecule has 1 aromatic carbocycles. The maximum Gasteiger partial charge on any atom is 0.276 e. The number of ether oxygens (including phenoxy) is 1. The lowest BCUT2D eigenvalue weighted by Gasteiger charge is -2.05. The van der Waals surface area contributed by atoms with Gasteiger partial charge in [-0.3, -0.25) is 4.79 Å². The summed E-state index contributed by atoms with van der Waals surface area (Å²) in [4.78, 5) is 24.8. The summed E-state index contributed by atoms with van der Waals surface area (Å²) in [6.45, 7) is 2.31. The quantitative estimate of drug-likeness (QED) is 0.414. The molecule has 3 rings (SSSR count). The fraction of sp³-hybridized carbons (Fsp3) is 0.143. The first-order valence-corrected chi connectivity index (χ1v) is 6.85. The molecule has 2 aromatic heterocycles. The third-order valence-electron chi connectivity index (χ3n) is 2.96. The molecule has 9 nitrogen and oxygen atoms in total. The number of aromatic nitrogens is 4. The number of aromatic amines is 2. The van der Waals surface area contributed by atoms with E-state index in [4.69, 9.17) is 4.74 Å². The summed E-state index contributed by atoms with van der Waals surface area (Å²) in [5.74, 6) is 0.742. The number of H-pyrrole nitrogens is 2. The van der Waals surface area contributed by atoms with E-state index in [1.165, 1.54) is 18.6 Å². The molecule has 118 valence electrons. The Balaban J connectivity index is 1.74. The highest BCUT2D eigenvalue weighted by atomic mass is 16.5.